The Hall–Kier alpha value is -3.81. The third-order valence-electron chi connectivity index (χ3n) is 7.22. The van der Waals surface area contributed by atoms with Crippen molar-refractivity contribution in [2.45, 2.75) is 36.9 Å². The van der Waals surface area contributed by atoms with E-state index in [4.69, 9.17) is 4.74 Å². The lowest BCUT2D eigenvalue weighted by molar-refractivity contribution is -0.149. The standard InChI is InChI=1S/C28H24F3NO4/c29-28(30,31)19-12-10-18(11-13-19)16-27(25(33)34)14-5-15-32(27)26(35)36-17-24-22-8-3-1-6-20(22)21-7-2-4-9-23(21)24/h1-4,6-13,24H,5,14-17H2,(H,33,34)/t27-/m0/s1. The van der Waals surface area contributed by atoms with Gasteiger partial charge in [-0.25, -0.2) is 9.59 Å². The number of nitrogens with zero attached hydrogens (tertiary/aromatic N) is 1. The Labute approximate surface area is 206 Å². The van der Waals surface area contributed by atoms with Crippen molar-refractivity contribution in [2.75, 3.05) is 13.2 Å². The van der Waals surface area contributed by atoms with Gasteiger partial charge in [0.1, 0.15) is 12.1 Å². The molecule has 1 fully saturated rings. The summed E-state index contributed by atoms with van der Waals surface area (Å²) in [6.45, 7) is 0.253. The number of halogens is 3. The number of rotatable bonds is 5. The summed E-state index contributed by atoms with van der Waals surface area (Å²) in [7, 11) is 0. The van der Waals surface area contributed by atoms with Crippen LogP contribution in [0.25, 0.3) is 11.1 Å². The molecule has 1 N–H and O–H groups in total. The number of aliphatic carboxylic acids is 1. The Morgan fingerprint density at radius 1 is 0.944 bits per heavy atom. The highest BCUT2D eigenvalue weighted by atomic mass is 19.4. The molecule has 0 spiro atoms. The zero-order chi connectivity index (χ0) is 25.5. The van der Waals surface area contributed by atoms with E-state index in [0.29, 0.717) is 12.0 Å². The van der Waals surface area contributed by atoms with Crippen molar-refractivity contribution in [1.82, 2.24) is 4.90 Å². The lowest BCUT2D eigenvalue weighted by Gasteiger charge is -2.34. The van der Waals surface area contributed by atoms with E-state index in [-0.39, 0.29) is 31.9 Å². The minimum atomic E-state index is -4.48. The summed E-state index contributed by atoms with van der Waals surface area (Å²) in [5.74, 6) is -1.37. The summed E-state index contributed by atoms with van der Waals surface area (Å²) in [5.41, 5.74) is 2.26. The van der Waals surface area contributed by atoms with Crippen molar-refractivity contribution in [3.05, 3.63) is 95.1 Å². The average Bonchev–Trinajstić information content (AvgIpc) is 3.43. The number of hydrogen-bond acceptors (Lipinski definition) is 3. The van der Waals surface area contributed by atoms with Crippen LogP contribution in [0.3, 0.4) is 0 Å². The fourth-order valence-corrected chi connectivity index (χ4v) is 5.45. The van der Waals surface area contributed by atoms with Gasteiger partial charge in [0.15, 0.2) is 0 Å². The van der Waals surface area contributed by atoms with Crippen molar-refractivity contribution in [2.24, 2.45) is 0 Å². The molecule has 1 saturated heterocycles. The first-order chi connectivity index (χ1) is 17.2. The zero-order valence-electron chi connectivity index (χ0n) is 19.3. The number of carbonyl (C=O) groups excluding carboxylic acids is 1. The number of benzene rings is 3. The number of hydrogen-bond donors (Lipinski definition) is 1. The van der Waals surface area contributed by atoms with Crippen molar-refractivity contribution in [3.63, 3.8) is 0 Å². The van der Waals surface area contributed by atoms with E-state index in [1.807, 2.05) is 48.5 Å². The van der Waals surface area contributed by atoms with Crippen LogP contribution in [0.4, 0.5) is 18.0 Å². The van der Waals surface area contributed by atoms with E-state index >= 15 is 0 Å². The molecule has 0 radical (unpaired) electrons. The van der Waals surface area contributed by atoms with Gasteiger partial charge in [-0.1, -0.05) is 60.7 Å². The highest BCUT2D eigenvalue weighted by Gasteiger charge is 2.51. The van der Waals surface area contributed by atoms with Crippen LogP contribution in [-0.2, 0) is 22.1 Å². The van der Waals surface area contributed by atoms with Crippen molar-refractivity contribution >= 4 is 12.1 Å². The second kappa shape index (κ2) is 9.00. The quantitative estimate of drug-likeness (QED) is 0.463. The first kappa shape index (κ1) is 23.9. The van der Waals surface area contributed by atoms with Gasteiger partial charge in [0.25, 0.3) is 0 Å². The molecule has 186 valence electrons. The first-order valence-corrected chi connectivity index (χ1v) is 11.7. The maximum absolute atomic E-state index is 13.2. The predicted molar refractivity (Wildman–Crippen MR) is 127 cm³/mol. The van der Waals surface area contributed by atoms with Crippen LogP contribution in [0.2, 0.25) is 0 Å². The van der Waals surface area contributed by atoms with E-state index in [1.54, 1.807) is 0 Å². The summed E-state index contributed by atoms with van der Waals surface area (Å²) < 4.78 is 44.5. The molecular weight excluding hydrogens is 471 g/mol. The fraction of sp³-hybridized carbons (Fsp3) is 0.286. The molecule has 2 aliphatic rings. The SMILES string of the molecule is O=C(OCC1c2ccccc2-c2ccccc21)N1CCC[C@]1(Cc1ccc(C(F)(F)F)cc1)C(=O)O. The van der Waals surface area contributed by atoms with Crippen molar-refractivity contribution in [3.8, 4) is 11.1 Å². The van der Waals surface area contributed by atoms with Gasteiger partial charge < -0.3 is 9.84 Å². The number of fused-ring (bicyclic) bond motifs is 3. The molecular formula is C28H24F3NO4. The van der Waals surface area contributed by atoms with Gasteiger partial charge in [0, 0.05) is 18.9 Å². The van der Waals surface area contributed by atoms with Crippen LogP contribution in [0.5, 0.6) is 0 Å². The van der Waals surface area contributed by atoms with Crippen LogP contribution in [0.1, 0.15) is 41.0 Å². The Morgan fingerprint density at radius 3 is 2.08 bits per heavy atom. The molecule has 3 aromatic rings. The normalized spacial score (nSPS) is 19.1. The van der Waals surface area contributed by atoms with Crippen LogP contribution in [-0.4, -0.2) is 40.8 Å². The van der Waals surface area contributed by atoms with Crippen molar-refractivity contribution in [1.29, 1.82) is 0 Å². The summed E-state index contributed by atoms with van der Waals surface area (Å²) in [6.07, 6.45) is -4.68. The summed E-state index contributed by atoms with van der Waals surface area (Å²) in [4.78, 5) is 26.9. The van der Waals surface area contributed by atoms with Crippen LogP contribution < -0.4 is 0 Å². The zero-order valence-corrected chi connectivity index (χ0v) is 19.3. The van der Waals surface area contributed by atoms with Gasteiger partial charge in [-0.15, -0.1) is 0 Å². The number of ether oxygens (including phenoxy) is 1. The van der Waals surface area contributed by atoms with Gasteiger partial charge in [0.05, 0.1) is 5.56 Å². The molecule has 1 heterocycles. The summed E-state index contributed by atoms with van der Waals surface area (Å²) in [5, 5.41) is 10.1. The molecule has 0 saturated carbocycles. The van der Waals surface area contributed by atoms with E-state index in [1.165, 1.54) is 17.0 Å². The second-order valence-corrected chi connectivity index (χ2v) is 9.27. The first-order valence-electron chi connectivity index (χ1n) is 11.7. The van der Waals surface area contributed by atoms with Gasteiger partial charge >= 0.3 is 18.2 Å². The third kappa shape index (κ3) is 4.10. The summed E-state index contributed by atoms with van der Waals surface area (Å²) in [6, 6.07) is 20.2. The van der Waals surface area contributed by atoms with E-state index in [9.17, 15) is 27.9 Å². The topological polar surface area (TPSA) is 66.8 Å². The Kier molecular flexibility index (Phi) is 5.98. The number of amides is 1. The van der Waals surface area contributed by atoms with Crippen LogP contribution in [0.15, 0.2) is 72.8 Å². The number of carboxylic acids is 1. The number of alkyl halides is 3. The lowest BCUT2D eigenvalue weighted by Crippen LogP contribution is -2.54. The van der Waals surface area contributed by atoms with Gasteiger partial charge in [0.2, 0.25) is 0 Å². The Balaban J connectivity index is 1.35. The Morgan fingerprint density at radius 2 is 1.53 bits per heavy atom. The molecule has 1 aliphatic carbocycles. The number of carboxylic acid groups (broad SMARTS) is 1. The number of carbonyl (C=O) groups is 2. The van der Waals surface area contributed by atoms with E-state index < -0.39 is 29.3 Å². The fourth-order valence-electron chi connectivity index (χ4n) is 5.45. The molecule has 3 aromatic carbocycles. The minimum Gasteiger partial charge on any atom is -0.479 e. The van der Waals surface area contributed by atoms with Crippen LogP contribution in [0, 0.1) is 0 Å². The molecule has 0 unspecified atom stereocenters. The molecule has 0 aromatic heterocycles. The molecule has 1 aliphatic heterocycles. The van der Waals surface area contributed by atoms with Crippen LogP contribution >= 0.6 is 0 Å². The smallest absolute Gasteiger partial charge is 0.416 e. The van der Waals surface area contributed by atoms with Crippen molar-refractivity contribution < 1.29 is 32.6 Å². The highest BCUT2D eigenvalue weighted by molar-refractivity contribution is 5.86. The largest absolute Gasteiger partial charge is 0.479 e. The molecule has 5 nitrogen and oxygen atoms in total. The van der Waals surface area contributed by atoms with Gasteiger partial charge in [-0.3, -0.25) is 4.90 Å². The lowest BCUT2D eigenvalue weighted by atomic mass is 9.88. The second-order valence-electron chi connectivity index (χ2n) is 9.27. The molecule has 1 atom stereocenters. The molecule has 5 rings (SSSR count). The summed E-state index contributed by atoms with van der Waals surface area (Å²) >= 11 is 0. The van der Waals surface area contributed by atoms with E-state index in [0.717, 1.165) is 34.4 Å². The molecule has 36 heavy (non-hydrogen) atoms. The monoisotopic (exact) mass is 495 g/mol. The van der Waals surface area contributed by atoms with Gasteiger partial charge in [-0.05, 0) is 52.8 Å². The predicted octanol–water partition coefficient (Wildman–Crippen LogP) is 6.12. The maximum Gasteiger partial charge on any atom is 0.416 e. The molecule has 1 amide bonds. The van der Waals surface area contributed by atoms with Gasteiger partial charge in [-0.2, -0.15) is 13.2 Å². The van der Waals surface area contributed by atoms with E-state index in [2.05, 4.69) is 0 Å². The highest BCUT2D eigenvalue weighted by Crippen LogP contribution is 2.45. The molecule has 8 heteroatoms. The Bertz CT molecular complexity index is 1260. The maximum atomic E-state index is 13.2. The third-order valence-corrected chi connectivity index (χ3v) is 7.22. The molecule has 0 bridgehead atoms. The number of likely N-dealkylation sites (tertiary alicyclic amines) is 1. The minimum absolute atomic E-state index is 0.0549. The average molecular weight is 495 g/mol.